The Hall–Kier alpha value is -1.60. The molecule has 7 nitrogen and oxygen atoms in total. The van der Waals surface area contributed by atoms with Gasteiger partial charge >= 0.3 is 5.97 Å². The largest absolute Gasteiger partial charge is 0.477 e. The Morgan fingerprint density at radius 3 is 2.79 bits per heavy atom. The highest BCUT2D eigenvalue weighted by molar-refractivity contribution is 5.92. The Balaban J connectivity index is 2.81. The predicted molar refractivity (Wildman–Crippen MR) is 46.7 cm³/mol. The van der Waals surface area contributed by atoms with Gasteiger partial charge in [-0.25, -0.2) is 4.79 Å². The van der Waals surface area contributed by atoms with Crippen LogP contribution in [0.15, 0.2) is 6.20 Å². The zero-order valence-corrected chi connectivity index (χ0v) is 7.29. The van der Waals surface area contributed by atoms with Crippen LogP contribution in [0.25, 0.3) is 0 Å². The number of hydrogen-bond acceptors (Lipinski definition) is 5. The predicted octanol–water partition coefficient (Wildman–Crippen LogP) is -1.48. The molecule has 1 rings (SSSR count). The van der Waals surface area contributed by atoms with Crippen LogP contribution in [0.1, 0.15) is 10.4 Å². The topological polar surface area (TPSA) is 122 Å². The van der Waals surface area contributed by atoms with Crippen LogP contribution >= 0.6 is 0 Å². The van der Waals surface area contributed by atoms with E-state index in [9.17, 15) is 4.79 Å². The first-order valence-corrected chi connectivity index (χ1v) is 3.89. The van der Waals surface area contributed by atoms with Crippen molar-refractivity contribution in [3.63, 3.8) is 0 Å². The molecule has 0 spiro atoms. The van der Waals surface area contributed by atoms with E-state index in [1.165, 1.54) is 10.9 Å². The number of rotatable bonds is 4. The summed E-state index contributed by atoms with van der Waals surface area (Å²) in [5.74, 6) is -1.28. The van der Waals surface area contributed by atoms with Gasteiger partial charge in [0.15, 0.2) is 5.82 Å². The molecule has 1 atom stereocenters. The van der Waals surface area contributed by atoms with Gasteiger partial charge in [-0.1, -0.05) is 0 Å². The van der Waals surface area contributed by atoms with Crippen molar-refractivity contribution in [1.82, 2.24) is 9.78 Å². The number of aliphatic hydroxyl groups excluding tert-OH is 2. The molecule has 14 heavy (non-hydrogen) atoms. The van der Waals surface area contributed by atoms with Gasteiger partial charge in [0.2, 0.25) is 0 Å². The van der Waals surface area contributed by atoms with Crippen molar-refractivity contribution in [1.29, 1.82) is 0 Å². The number of nitrogens with zero attached hydrogens (tertiary/aromatic N) is 2. The maximum absolute atomic E-state index is 10.5. The minimum absolute atomic E-state index is 0.00792. The highest BCUT2D eigenvalue weighted by atomic mass is 16.4. The first-order chi connectivity index (χ1) is 6.54. The highest BCUT2D eigenvalue weighted by Crippen LogP contribution is 2.08. The van der Waals surface area contributed by atoms with Crippen LogP contribution < -0.4 is 5.73 Å². The molecule has 0 amide bonds. The summed E-state index contributed by atoms with van der Waals surface area (Å²) < 4.78 is 1.18. The van der Waals surface area contributed by atoms with Crippen molar-refractivity contribution in [2.24, 2.45) is 0 Å². The molecule has 0 fully saturated rings. The fourth-order valence-corrected chi connectivity index (χ4v) is 0.968. The highest BCUT2D eigenvalue weighted by Gasteiger charge is 2.13. The van der Waals surface area contributed by atoms with E-state index >= 15 is 0 Å². The van der Waals surface area contributed by atoms with Gasteiger partial charge in [0.25, 0.3) is 0 Å². The van der Waals surface area contributed by atoms with E-state index in [-0.39, 0.29) is 17.9 Å². The van der Waals surface area contributed by atoms with E-state index < -0.39 is 18.7 Å². The fourth-order valence-electron chi connectivity index (χ4n) is 0.968. The summed E-state index contributed by atoms with van der Waals surface area (Å²) in [6.07, 6.45) is 0.229. The van der Waals surface area contributed by atoms with E-state index in [4.69, 9.17) is 21.1 Å². The summed E-state index contributed by atoms with van der Waals surface area (Å²) in [5.41, 5.74) is 5.19. The molecule has 1 unspecified atom stereocenters. The smallest absolute Gasteiger partial charge is 0.341 e. The van der Waals surface area contributed by atoms with Gasteiger partial charge in [0.05, 0.1) is 19.3 Å². The van der Waals surface area contributed by atoms with Crippen molar-refractivity contribution in [2.75, 3.05) is 12.3 Å². The number of aliphatic hydroxyl groups is 2. The molecule has 0 saturated carbocycles. The van der Waals surface area contributed by atoms with E-state index in [2.05, 4.69) is 5.10 Å². The van der Waals surface area contributed by atoms with E-state index in [0.29, 0.717) is 0 Å². The first-order valence-electron chi connectivity index (χ1n) is 3.89. The van der Waals surface area contributed by atoms with Crippen molar-refractivity contribution in [2.45, 2.75) is 12.6 Å². The average Bonchev–Trinajstić information content (AvgIpc) is 2.46. The zero-order valence-electron chi connectivity index (χ0n) is 7.29. The molecule has 1 aromatic heterocycles. The Labute approximate surface area is 79.4 Å². The lowest BCUT2D eigenvalue weighted by Gasteiger charge is -2.05. The number of carbonyl (C=O) groups is 1. The maximum Gasteiger partial charge on any atom is 0.341 e. The molecule has 1 heterocycles. The number of nitrogens with two attached hydrogens (primary N) is 1. The molecule has 0 aliphatic carbocycles. The van der Waals surface area contributed by atoms with Gasteiger partial charge < -0.3 is 21.1 Å². The monoisotopic (exact) mass is 201 g/mol. The van der Waals surface area contributed by atoms with Crippen LogP contribution in [-0.2, 0) is 6.54 Å². The first kappa shape index (κ1) is 10.5. The summed E-state index contributed by atoms with van der Waals surface area (Å²) in [5, 5.41) is 29.9. The van der Waals surface area contributed by atoms with Gasteiger partial charge in [-0.15, -0.1) is 0 Å². The number of anilines is 1. The number of carboxylic acids is 1. The van der Waals surface area contributed by atoms with Crippen molar-refractivity contribution < 1.29 is 20.1 Å². The standard InChI is InChI=1S/C7H11N3O4/c8-6-5(7(13)14)2-10(9-6)1-4(12)3-11/h2,4,11-12H,1,3H2,(H2,8,9)(H,13,14). The molecular weight excluding hydrogens is 190 g/mol. The molecule has 1 aromatic rings. The molecule has 5 N–H and O–H groups in total. The molecular formula is C7H11N3O4. The molecule has 0 aliphatic rings. The van der Waals surface area contributed by atoms with Gasteiger partial charge in [0.1, 0.15) is 5.56 Å². The van der Waals surface area contributed by atoms with Crippen molar-refractivity contribution >= 4 is 11.8 Å². The minimum Gasteiger partial charge on any atom is -0.477 e. The van der Waals surface area contributed by atoms with Crippen molar-refractivity contribution in [3.05, 3.63) is 11.8 Å². The quantitative estimate of drug-likeness (QED) is 0.471. The Morgan fingerprint density at radius 1 is 1.71 bits per heavy atom. The van der Waals surface area contributed by atoms with Gasteiger partial charge in [-0.3, -0.25) is 4.68 Å². The van der Waals surface area contributed by atoms with E-state index in [1.54, 1.807) is 0 Å². The third-order valence-corrected chi connectivity index (χ3v) is 1.63. The summed E-state index contributed by atoms with van der Waals surface area (Å²) in [7, 11) is 0. The summed E-state index contributed by atoms with van der Waals surface area (Å²) in [6, 6.07) is 0. The van der Waals surface area contributed by atoms with Crippen LogP contribution in [0, 0.1) is 0 Å². The van der Waals surface area contributed by atoms with Crippen molar-refractivity contribution in [3.8, 4) is 0 Å². The number of nitrogen functional groups attached to an aromatic ring is 1. The van der Waals surface area contributed by atoms with Crippen LogP contribution in [0.4, 0.5) is 5.82 Å². The molecule has 0 saturated heterocycles. The molecule has 0 radical (unpaired) electrons. The number of hydrogen-bond donors (Lipinski definition) is 4. The second-order valence-corrected chi connectivity index (χ2v) is 2.79. The molecule has 78 valence electrons. The van der Waals surface area contributed by atoms with Crippen LogP contribution in [0.5, 0.6) is 0 Å². The Kier molecular flexibility index (Phi) is 3.05. The van der Waals surface area contributed by atoms with Gasteiger partial charge in [-0.05, 0) is 0 Å². The second kappa shape index (κ2) is 4.07. The van der Waals surface area contributed by atoms with E-state index in [1.807, 2.05) is 0 Å². The average molecular weight is 201 g/mol. The van der Waals surface area contributed by atoms with Crippen LogP contribution in [0.3, 0.4) is 0 Å². The third kappa shape index (κ3) is 2.21. The Bertz CT molecular complexity index is 336. The van der Waals surface area contributed by atoms with Gasteiger partial charge in [0, 0.05) is 6.20 Å². The zero-order chi connectivity index (χ0) is 10.7. The van der Waals surface area contributed by atoms with Crippen LogP contribution in [0.2, 0.25) is 0 Å². The third-order valence-electron chi connectivity index (χ3n) is 1.63. The SMILES string of the molecule is Nc1nn(CC(O)CO)cc1C(=O)O. The fraction of sp³-hybridized carbons (Fsp3) is 0.429. The molecule has 7 heteroatoms. The normalized spacial score (nSPS) is 12.7. The maximum atomic E-state index is 10.5. The Morgan fingerprint density at radius 2 is 2.36 bits per heavy atom. The summed E-state index contributed by atoms with van der Waals surface area (Å²) in [4.78, 5) is 10.5. The lowest BCUT2D eigenvalue weighted by atomic mass is 10.3. The van der Waals surface area contributed by atoms with E-state index in [0.717, 1.165) is 0 Å². The lowest BCUT2D eigenvalue weighted by Crippen LogP contribution is -2.20. The summed E-state index contributed by atoms with van der Waals surface area (Å²) in [6.45, 7) is -0.407. The number of aromatic nitrogens is 2. The number of aromatic carboxylic acids is 1. The number of carboxylic acid groups (broad SMARTS) is 1. The lowest BCUT2D eigenvalue weighted by molar-refractivity contribution is 0.0695. The van der Waals surface area contributed by atoms with Gasteiger partial charge in [-0.2, -0.15) is 5.10 Å². The summed E-state index contributed by atoms with van der Waals surface area (Å²) >= 11 is 0. The minimum atomic E-state index is -1.17. The molecule has 0 aliphatic heterocycles. The van der Waals surface area contributed by atoms with Crippen LogP contribution in [-0.4, -0.2) is 43.8 Å². The molecule has 0 bridgehead atoms. The second-order valence-electron chi connectivity index (χ2n) is 2.79. The molecule has 0 aromatic carbocycles.